The van der Waals surface area contributed by atoms with Crippen molar-refractivity contribution in [3.63, 3.8) is 0 Å². The van der Waals surface area contributed by atoms with Crippen molar-refractivity contribution in [2.75, 3.05) is 0 Å². The number of aliphatic imine (C=N–C) groups is 1. The SMILES string of the molecule is [2H]C([2H])(Oc1cc(C)n(-c2cc(-c3ccc4c(n3)C(C)(C)C=NC4)ncc2C)c(=O)c1Cl)c1ncc(F)cc1F. The number of pyridine rings is 4. The molecule has 0 atom stereocenters. The summed E-state index contributed by atoms with van der Waals surface area (Å²) in [5, 5.41) is -0.428. The van der Waals surface area contributed by atoms with Crippen LogP contribution in [0.3, 0.4) is 0 Å². The summed E-state index contributed by atoms with van der Waals surface area (Å²) in [5.74, 6) is -2.52. The van der Waals surface area contributed by atoms with Crippen LogP contribution in [-0.4, -0.2) is 25.7 Å². The highest BCUT2D eigenvalue weighted by atomic mass is 35.5. The second-order valence-electron chi connectivity index (χ2n) is 9.54. The highest BCUT2D eigenvalue weighted by Gasteiger charge is 2.27. The highest BCUT2D eigenvalue weighted by molar-refractivity contribution is 6.31. The van der Waals surface area contributed by atoms with Crippen molar-refractivity contribution >= 4 is 17.8 Å². The number of ether oxygens (including phenoxy) is 1. The van der Waals surface area contributed by atoms with Gasteiger partial charge in [0.25, 0.3) is 5.56 Å². The molecular weight excluding hydrogens is 512 g/mol. The fourth-order valence-electron chi connectivity index (χ4n) is 4.29. The molecule has 0 aliphatic carbocycles. The van der Waals surface area contributed by atoms with E-state index in [4.69, 9.17) is 24.1 Å². The molecule has 5 rings (SSSR count). The predicted molar refractivity (Wildman–Crippen MR) is 141 cm³/mol. The van der Waals surface area contributed by atoms with Gasteiger partial charge < -0.3 is 4.74 Å². The van der Waals surface area contributed by atoms with Crippen molar-refractivity contribution < 1.29 is 16.3 Å². The molecule has 5 heterocycles. The largest absolute Gasteiger partial charge is 0.485 e. The van der Waals surface area contributed by atoms with Crippen molar-refractivity contribution in [1.82, 2.24) is 19.5 Å². The van der Waals surface area contributed by atoms with E-state index in [0.717, 1.165) is 11.3 Å². The lowest BCUT2D eigenvalue weighted by Gasteiger charge is -2.26. The summed E-state index contributed by atoms with van der Waals surface area (Å²) in [6, 6.07) is 7.42. The van der Waals surface area contributed by atoms with Crippen LogP contribution in [0, 0.1) is 25.5 Å². The number of hydrogen-bond acceptors (Lipinski definition) is 6. The molecule has 0 amide bonds. The van der Waals surface area contributed by atoms with Gasteiger partial charge in [0.2, 0.25) is 0 Å². The van der Waals surface area contributed by atoms with E-state index in [9.17, 15) is 13.6 Å². The van der Waals surface area contributed by atoms with Gasteiger partial charge >= 0.3 is 0 Å². The van der Waals surface area contributed by atoms with E-state index in [1.165, 1.54) is 10.6 Å². The molecular formula is C28H24ClF2N5O2. The summed E-state index contributed by atoms with van der Waals surface area (Å²) in [5.41, 5.74) is 2.84. The fourth-order valence-corrected chi connectivity index (χ4v) is 4.47. The minimum absolute atomic E-state index is 0.317. The van der Waals surface area contributed by atoms with Crippen LogP contribution in [-0.2, 0) is 18.5 Å². The van der Waals surface area contributed by atoms with Gasteiger partial charge in [-0.05, 0) is 51.0 Å². The molecule has 0 spiro atoms. The van der Waals surface area contributed by atoms with Gasteiger partial charge in [-0.25, -0.2) is 13.8 Å². The van der Waals surface area contributed by atoms with Crippen LogP contribution < -0.4 is 10.3 Å². The number of hydrogen-bond donors (Lipinski definition) is 0. The summed E-state index contributed by atoms with van der Waals surface area (Å²) in [7, 11) is 0. The topological polar surface area (TPSA) is 82.3 Å². The van der Waals surface area contributed by atoms with Gasteiger partial charge in [0.1, 0.15) is 28.8 Å². The van der Waals surface area contributed by atoms with Crippen LogP contribution in [0.4, 0.5) is 8.78 Å². The lowest BCUT2D eigenvalue weighted by atomic mass is 9.85. The normalized spacial score (nSPS) is 15.0. The lowest BCUT2D eigenvalue weighted by Crippen LogP contribution is -2.26. The molecule has 10 heteroatoms. The zero-order valence-corrected chi connectivity index (χ0v) is 21.8. The van der Waals surface area contributed by atoms with Crippen LogP contribution in [0.1, 0.15) is 44.8 Å². The monoisotopic (exact) mass is 537 g/mol. The van der Waals surface area contributed by atoms with E-state index < -0.39 is 34.5 Å². The highest BCUT2D eigenvalue weighted by Crippen LogP contribution is 2.31. The Bertz CT molecular complexity index is 1760. The summed E-state index contributed by atoms with van der Waals surface area (Å²) >= 11 is 6.36. The molecule has 0 bridgehead atoms. The molecule has 194 valence electrons. The zero-order chi connectivity index (χ0) is 29.0. The Morgan fingerprint density at radius 3 is 2.68 bits per heavy atom. The Morgan fingerprint density at radius 2 is 1.92 bits per heavy atom. The average molecular weight is 538 g/mol. The van der Waals surface area contributed by atoms with Crippen molar-refractivity contribution in [2.24, 2.45) is 4.99 Å². The number of fused-ring (bicyclic) bond motifs is 1. The molecule has 7 nitrogen and oxygen atoms in total. The van der Waals surface area contributed by atoms with E-state index in [-0.39, 0.29) is 11.2 Å². The smallest absolute Gasteiger partial charge is 0.277 e. The van der Waals surface area contributed by atoms with E-state index in [1.807, 2.05) is 32.2 Å². The minimum Gasteiger partial charge on any atom is -0.485 e. The Morgan fingerprint density at radius 1 is 1.13 bits per heavy atom. The maximum Gasteiger partial charge on any atom is 0.277 e. The van der Waals surface area contributed by atoms with Gasteiger partial charge in [0, 0.05) is 35.7 Å². The molecule has 0 saturated carbocycles. The van der Waals surface area contributed by atoms with Gasteiger partial charge in [-0.2, -0.15) is 0 Å². The summed E-state index contributed by atoms with van der Waals surface area (Å²) in [6.07, 6.45) is 4.18. The number of aryl methyl sites for hydroxylation is 2. The molecule has 0 fully saturated rings. The Labute approximate surface area is 225 Å². The standard InChI is InChI=1S/C28H24ClF2N5O2/c1-15-10-33-21(20-6-5-17-11-32-14-28(3,4)26(17)35-20)9-23(15)36-16(2)7-24(25(29)27(36)37)38-13-22-19(31)8-18(30)12-34-22/h5-10,12,14H,11,13H2,1-4H3/i13D2. The Kier molecular flexibility index (Phi) is 5.92. The van der Waals surface area contributed by atoms with Crippen LogP contribution in [0.15, 0.2) is 52.5 Å². The first-order valence-electron chi connectivity index (χ1n) is 12.7. The van der Waals surface area contributed by atoms with Crippen molar-refractivity contribution in [2.45, 2.75) is 46.2 Å². The molecule has 4 aromatic rings. The molecule has 0 saturated heterocycles. The van der Waals surface area contributed by atoms with E-state index in [1.54, 1.807) is 26.1 Å². The Balaban J connectivity index is 1.55. The second-order valence-corrected chi connectivity index (χ2v) is 9.92. The van der Waals surface area contributed by atoms with E-state index in [2.05, 4.69) is 15.0 Å². The van der Waals surface area contributed by atoms with Crippen molar-refractivity contribution in [3.05, 3.63) is 97.9 Å². The Hall–Kier alpha value is -3.98. The summed E-state index contributed by atoms with van der Waals surface area (Å²) in [4.78, 5) is 30.8. The van der Waals surface area contributed by atoms with Crippen LogP contribution in [0.25, 0.3) is 17.1 Å². The molecule has 1 aliphatic heterocycles. The predicted octanol–water partition coefficient (Wildman–Crippen LogP) is 5.68. The van der Waals surface area contributed by atoms with E-state index >= 15 is 0 Å². The molecule has 0 aromatic carbocycles. The number of nitrogens with zero attached hydrogens (tertiary/aromatic N) is 5. The number of aromatic nitrogens is 4. The van der Waals surface area contributed by atoms with Gasteiger partial charge in [0.15, 0.2) is 5.82 Å². The molecule has 0 radical (unpaired) electrons. The second kappa shape index (κ2) is 9.72. The molecule has 0 unspecified atom stereocenters. The first-order chi connectivity index (χ1) is 18.8. The van der Waals surface area contributed by atoms with E-state index in [0.29, 0.717) is 47.1 Å². The number of halogens is 3. The zero-order valence-electron chi connectivity index (χ0n) is 23.0. The summed E-state index contributed by atoms with van der Waals surface area (Å²) < 4.78 is 50.5. The van der Waals surface area contributed by atoms with Crippen LogP contribution in [0.5, 0.6) is 5.75 Å². The molecule has 38 heavy (non-hydrogen) atoms. The minimum atomic E-state index is -2.84. The third kappa shape index (κ3) is 4.69. The van der Waals surface area contributed by atoms with Gasteiger partial charge in [0.05, 0.1) is 38.3 Å². The number of rotatable bonds is 5. The molecule has 4 aromatic heterocycles. The quantitative estimate of drug-likeness (QED) is 0.327. The van der Waals surface area contributed by atoms with Gasteiger partial charge in [-0.1, -0.05) is 17.7 Å². The van der Waals surface area contributed by atoms with Crippen LogP contribution in [0.2, 0.25) is 5.02 Å². The maximum atomic E-state index is 14.2. The first kappa shape index (κ1) is 23.2. The molecule has 1 aliphatic rings. The van der Waals surface area contributed by atoms with Gasteiger partial charge in [-0.3, -0.25) is 24.3 Å². The van der Waals surface area contributed by atoms with Gasteiger partial charge in [-0.15, -0.1) is 0 Å². The third-order valence-corrected chi connectivity index (χ3v) is 6.56. The summed E-state index contributed by atoms with van der Waals surface area (Å²) in [6.45, 7) is 5.20. The van der Waals surface area contributed by atoms with Crippen LogP contribution >= 0.6 is 11.6 Å². The average Bonchev–Trinajstić information content (AvgIpc) is 2.87. The van der Waals surface area contributed by atoms with Crippen molar-refractivity contribution in [1.29, 1.82) is 0 Å². The third-order valence-electron chi connectivity index (χ3n) is 6.21. The van der Waals surface area contributed by atoms with Crippen molar-refractivity contribution in [3.8, 4) is 22.8 Å². The molecule has 0 N–H and O–H groups in total. The maximum absolute atomic E-state index is 14.2. The fraction of sp³-hybridized carbons (Fsp3) is 0.250. The first-order valence-corrected chi connectivity index (χ1v) is 12.1. The lowest BCUT2D eigenvalue weighted by molar-refractivity contribution is 0.292.